The second-order valence-corrected chi connectivity index (χ2v) is 6.49. The van der Waals surface area contributed by atoms with Crippen molar-refractivity contribution in [1.82, 2.24) is 10.6 Å². The Hall–Kier alpha value is -0.720. The van der Waals surface area contributed by atoms with Crippen molar-refractivity contribution in [2.75, 3.05) is 26.2 Å². The zero-order valence-corrected chi connectivity index (χ0v) is 13.7. The van der Waals surface area contributed by atoms with Crippen molar-refractivity contribution < 1.29 is 14.6 Å². The number of aliphatic hydroxyl groups is 1. The Labute approximate surface area is 139 Å². The van der Waals surface area contributed by atoms with E-state index in [1.54, 1.807) is 12.1 Å². The molecule has 3 N–H and O–H groups in total. The molecule has 0 radical (unpaired) electrons. The minimum Gasteiger partial charge on any atom is -0.486 e. The number of nitrogens with one attached hydrogen (secondary N) is 2. The predicted molar refractivity (Wildman–Crippen MR) is 86.3 cm³/mol. The van der Waals surface area contributed by atoms with Crippen LogP contribution in [0, 0.1) is 0 Å². The summed E-state index contributed by atoms with van der Waals surface area (Å²) < 4.78 is 11.4. The molecule has 5 nitrogen and oxygen atoms in total. The van der Waals surface area contributed by atoms with Crippen molar-refractivity contribution >= 4 is 23.2 Å². The molecule has 3 rings (SSSR count). The first-order chi connectivity index (χ1) is 10.6. The first-order valence-corrected chi connectivity index (χ1v) is 8.30. The summed E-state index contributed by atoms with van der Waals surface area (Å²) >= 11 is 11.9. The second kappa shape index (κ2) is 7.23. The van der Waals surface area contributed by atoms with Gasteiger partial charge >= 0.3 is 0 Å². The Balaban J connectivity index is 1.55. The third-order valence-electron chi connectivity index (χ3n) is 4.05. The number of ether oxygens (including phenoxy) is 2. The van der Waals surface area contributed by atoms with Crippen LogP contribution in [0.3, 0.4) is 0 Å². The average Bonchev–Trinajstić information content (AvgIpc) is 2.54. The van der Waals surface area contributed by atoms with Crippen LogP contribution in [-0.2, 0) is 0 Å². The van der Waals surface area contributed by atoms with Crippen molar-refractivity contribution in [3.63, 3.8) is 0 Å². The molecule has 0 amide bonds. The zero-order chi connectivity index (χ0) is 15.5. The third kappa shape index (κ3) is 3.78. The smallest absolute Gasteiger partial charge is 0.163 e. The highest BCUT2D eigenvalue weighted by Gasteiger charge is 2.29. The zero-order valence-electron chi connectivity index (χ0n) is 12.1. The molecule has 0 bridgehead atoms. The second-order valence-electron chi connectivity index (χ2n) is 5.68. The highest BCUT2D eigenvalue weighted by molar-refractivity contribution is 6.42. The Bertz CT molecular complexity index is 524. The van der Waals surface area contributed by atoms with E-state index in [2.05, 4.69) is 10.6 Å². The molecule has 7 heteroatoms. The maximum Gasteiger partial charge on any atom is 0.163 e. The number of hydrogen-bond donors (Lipinski definition) is 3. The predicted octanol–water partition coefficient (Wildman–Crippen LogP) is 1.84. The lowest BCUT2D eigenvalue weighted by Gasteiger charge is -2.31. The SMILES string of the molecule is OC(CNC1CCNCC1)C1COc2cc(Cl)c(Cl)cc2O1. The van der Waals surface area contributed by atoms with Gasteiger partial charge in [0.2, 0.25) is 0 Å². The van der Waals surface area contributed by atoms with Gasteiger partial charge in [0.25, 0.3) is 0 Å². The highest BCUT2D eigenvalue weighted by Crippen LogP contribution is 2.38. The van der Waals surface area contributed by atoms with Crippen molar-refractivity contribution in [2.24, 2.45) is 0 Å². The molecule has 2 aliphatic rings. The quantitative estimate of drug-likeness (QED) is 0.776. The van der Waals surface area contributed by atoms with Crippen molar-refractivity contribution in [1.29, 1.82) is 0 Å². The van der Waals surface area contributed by atoms with E-state index in [0.29, 0.717) is 40.7 Å². The Morgan fingerprint density at radius 1 is 1.23 bits per heavy atom. The van der Waals surface area contributed by atoms with Crippen molar-refractivity contribution in [2.45, 2.75) is 31.1 Å². The summed E-state index contributed by atoms with van der Waals surface area (Å²) in [5.74, 6) is 1.08. The normalized spacial score (nSPS) is 23.3. The molecule has 22 heavy (non-hydrogen) atoms. The summed E-state index contributed by atoms with van der Waals surface area (Å²) in [7, 11) is 0. The average molecular weight is 347 g/mol. The Kier molecular flexibility index (Phi) is 5.31. The molecule has 1 saturated heterocycles. The van der Waals surface area contributed by atoms with Crippen LogP contribution in [0.25, 0.3) is 0 Å². The number of fused-ring (bicyclic) bond motifs is 1. The largest absolute Gasteiger partial charge is 0.486 e. The summed E-state index contributed by atoms with van der Waals surface area (Å²) in [5.41, 5.74) is 0. The summed E-state index contributed by atoms with van der Waals surface area (Å²) in [6.45, 7) is 2.81. The summed E-state index contributed by atoms with van der Waals surface area (Å²) in [5, 5.41) is 17.9. The van der Waals surface area contributed by atoms with E-state index < -0.39 is 12.2 Å². The molecule has 1 aromatic carbocycles. The number of hydrogen-bond acceptors (Lipinski definition) is 5. The van der Waals surface area contributed by atoms with Gasteiger partial charge in [-0.2, -0.15) is 0 Å². The van der Waals surface area contributed by atoms with Crippen LogP contribution >= 0.6 is 23.2 Å². The standard InChI is InChI=1S/C15H20Cl2N2O3/c16-10-5-13-14(6-11(10)17)22-15(8-21-13)12(20)7-19-9-1-3-18-4-2-9/h5-6,9,12,15,18-20H,1-4,7-8H2. The highest BCUT2D eigenvalue weighted by atomic mass is 35.5. The summed E-state index contributed by atoms with van der Waals surface area (Å²) in [6.07, 6.45) is 1.09. The van der Waals surface area contributed by atoms with Crippen molar-refractivity contribution in [3.8, 4) is 11.5 Å². The molecule has 1 aromatic rings. The lowest BCUT2D eigenvalue weighted by molar-refractivity contribution is -0.0105. The Morgan fingerprint density at radius 2 is 1.91 bits per heavy atom. The number of piperidine rings is 1. The lowest BCUT2D eigenvalue weighted by Crippen LogP contribution is -2.48. The summed E-state index contributed by atoms with van der Waals surface area (Å²) in [6, 6.07) is 3.70. The van der Waals surface area contributed by atoms with Gasteiger partial charge in [0.1, 0.15) is 12.7 Å². The first-order valence-electron chi connectivity index (χ1n) is 7.54. The molecule has 2 unspecified atom stereocenters. The van der Waals surface area contributed by atoms with Crippen LogP contribution in [0.15, 0.2) is 12.1 Å². The van der Waals surface area contributed by atoms with Crippen LogP contribution in [-0.4, -0.2) is 49.6 Å². The van der Waals surface area contributed by atoms with Gasteiger partial charge < -0.3 is 25.2 Å². The van der Waals surface area contributed by atoms with E-state index in [-0.39, 0.29) is 0 Å². The van der Waals surface area contributed by atoms with Crippen LogP contribution in [0.4, 0.5) is 0 Å². The van der Waals surface area contributed by atoms with Crippen LogP contribution in [0.1, 0.15) is 12.8 Å². The molecule has 0 aromatic heterocycles. The van der Waals surface area contributed by atoms with Gasteiger partial charge in [0.05, 0.1) is 10.0 Å². The van der Waals surface area contributed by atoms with Gasteiger partial charge in [0, 0.05) is 24.7 Å². The summed E-state index contributed by atoms with van der Waals surface area (Å²) in [4.78, 5) is 0. The number of benzene rings is 1. The Morgan fingerprint density at radius 3 is 2.64 bits per heavy atom. The minimum absolute atomic E-state index is 0.292. The van der Waals surface area contributed by atoms with E-state index >= 15 is 0 Å². The number of halogens is 2. The topological polar surface area (TPSA) is 62.8 Å². The molecule has 2 aliphatic heterocycles. The van der Waals surface area contributed by atoms with E-state index in [9.17, 15) is 5.11 Å². The van der Waals surface area contributed by atoms with Crippen molar-refractivity contribution in [3.05, 3.63) is 22.2 Å². The molecular formula is C15H20Cl2N2O3. The first kappa shape index (κ1) is 16.1. The third-order valence-corrected chi connectivity index (χ3v) is 4.77. The van der Waals surface area contributed by atoms with E-state index in [1.807, 2.05) is 0 Å². The van der Waals surface area contributed by atoms with E-state index in [0.717, 1.165) is 25.9 Å². The van der Waals surface area contributed by atoms with Gasteiger partial charge in [-0.3, -0.25) is 0 Å². The molecule has 122 valence electrons. The van der Waals surface area contributed by atoms with E-state index in [4.69, 9.17) is 32.7 Å². The molecule has 2 atom stereocenters. The molecule has 2 heterocycles. The van der Waals surface area contributed by atoms with Crippen LogP contribution in [0.5, 0.6) is 11.5 Å². The molecule has 0 spiro atoms. The van der Waals surface area contributed by atoms with Crippen LogP contribution in [0.2, 0.25) is 10.0 Å². The molecule has 0 aliphatic carbocycles. The fourth-order valence-corrected chi connectivity index (χ4v) is 3.03. The lowest BCUT2D eigenvalue weighted by atomic mass is 10.1. The van der Waals surface area contributed by atoms with Gasteiger partial charge in [-0.15, -0.1) is 0 Å². The monoisotopic (exact) mass is 346 g/mol. The van der Waals surface area contributed by atoms with Gasteiger partial charge in [-0.1, -0.05) is 23.2 Å². The molecular weight excluding hydrogens is 327 g/mol. The molecule has 1 fully saturated rings. The molecule has 0 saturated carbocycles. The van der Waals surface area contributed by atoms with Gasteiger partial charge in [-0.25, -0.2) is 0 Å². The fraction of sp³-hybridized carbons (Fsp3) is 0.600. The minimum atomic E-state index is -0.641. The fourth-order valence-electron chi connectivity index (χ4n) is 2.72. The number of rotatable bonds is 4. The maximum atomic E-state index is 10.3. The van der Waals surface area contributed by atoms with Gasteiger partial charge in [0.15, 0.2) is 17.6 Å². The maximum absolute atomic E-state index is 10.3. The number of aliphatic hydroxyl groups excluding tert-OH is 1. The van der Waals surface area contributed by atoms with E-state index in [1.165, 1.54) is 0 Å². The van der Waals surface area contributed by atoms with Gasteiger partial charge in [-0.05, 0) is 25.9 Å². The van der Waals surface area contributed by atoms with Crippen LogP contribution < -0.4 is 20.1 Å².